The molecule has 146 valence electrons. The molecule has 2 aromatic rings. The molecule has 0 atom stereocenters. The summed E-state index contributed by atoms with van der Waals surface area (Å²) < 4.78 is 29.2. The first-order chi connectivity index (χ1) is 12.9. The van der Waals surface area contributed by atoms with Gasteiger partial charge in [0.2, 0.25) is 10.0 Å². The molecule has 0 saturated heterocycles. The zero-order valence-corrected chi connectivity index (χ0v) is 16.3. The van der Waals surface area contributed by atoms with Gasteiger partial charge in [-0.15, -0.1) is 0 Å². The number of aliphatic hydroxyl groups is 1. The third-order valence-corrected chi connectivity index (χ3v) is 6.58. The van der Waals surface area contributed by atoms with Crippen molar-refractivity contribution in [1.82, 2.24) is 19.0 Å². The van der Waals surface area contributed by atoms with Crippen LogP contribution in [0.4, 0.5) is 0 Å². The second-order valence-corrected chi connectivity index (χ2v) is 8.28. The van der Waals surface area contributed by atoms with Crippen molar-refractivity contribution in [2.75, 3.05) is 19.7 Å². The van der Waals surface area contributed by atoms with Crippen molar-refractivity contribution in [1.29, 1.82) is 0 Å². The van der Waals surface area contributed by atoms with Crippen LogP contribution in [0.3, 0.4) is 0 Å². The van der Waals surface area contributed by atoms with Crippen LogP contribution in [0.25, 0.3) is 0 Å². The quantitative estimate of drug-likeness (QED) is 0.760. The third kappa shape index (κ3) is 3.62. The van der Waals surface area contributed by atoms with Gasteiger partial charge in [0.25, 0.3) is 5.91 Å². The number of hydrogen-bond acceptors (Lipinski definition) is 5. The monoisotopic (exact) mass is 392 g/mol. The molecule has 3 rings (SSSR count). The summed E-state index contributed by atoms with van der Waals surface area (Å²) in [4.78, 5) is 14.3. The number of benzene rings is 1. The lowest BCUT2D eigenvalue weighted by Crippen LogP contribution is -2.31. The second-order valence-electron chi connectivity index (χ2n) is 6.34. The first-order valence-corrected chi connectivity index (χ1v) is 10.4. The Balaban J connectivity index is 1.86. The molecule has 9 heteroatoms. The van der Waals surface area contributed by atoms with Crippen molar-refractivity contribution in [3.05, 3.63) is 47.3 Å². The molecule has 1 aromatic heterocycles. The van der Waals surface area contributed by atoms with E-state index in [-0.39, 0.29) is 30.5 Å². The van der Waals surface area contributed by atoms with Crippen LogP contribution >= 0.6 is 0 Å². The van der Waals surface area contributed by atoms with Gasteiger partial charge >= 0.3 is 0 Å². The summed E-state index contributed by atoms with van der Waals surface area (Å²) in [6, 6.07) is 6.19. The fourth-order valence-electron chi connectivity index (χ4n) is 3.27. The zero-order chi connectivity index (χ0) is 19.6. The standard InChI is InChI=1S/C18H24N4O4S/c1-3-20(4-2)18(24)14-6-5-7-16(10-14)27(25,26)21-12-15-11-19-22(8-9-23)17(15)13-21/h5-7,10-11,23H,3-4,8-9,12-13H2,1-2H3. The molecular weight excluding hydrogens is 368 g/mol. The van der Waals surface area contributed by atoms with Crippen LogP contribution in [0.5, 0.6) is 0 Å². The van der Waals surface area contributed by atoms with Crippen LogP contribution in [-0.4, -0.2) is 58.1 Å². The van der Waals surface area contributed by atoms with Gasteiger partial charge in [-0.1, -0.05) is 6.07 Å². The number of nitrogens with zero attached hydrogens (tertiary/aromatic N) is 4. The molecule has 1 aliphatic rings. The predicted molar refractivity (Wildman–Crippen MR) is 99.4 cm³/mol. The summed E-state index contributed by atoms with van der Waals surface area (Å²) in [7, 11) is -3.74. The fourth-order valence-corrected chi connectivity index (χ4v) is 4.69. The number of rotatable bonds is 7. The highest BCUT2D eigenvalue weighted by molar-refractivity contribution is 7.89. The van der Waals surface area contributed by atoms with Crippen LogP contribution in [0.15, 0.2) is 35.4 Å². The molecule has 2 heterocycles. The van der Waals surface area contributed by atoms with E-state index in [2.05, 4.69) is 5.10 Å². The summed E-state index contributed by atoms with van der Waals surface area (Å²) in [5.41, 5.74) is 1.99. The molecule has 0 saturated carbocycles. The molecule has 0 fully saturated rings. The van der Waals surface area contributed by atoms with E-state index in [1.165, 1.54) is 16.4 Å². The van der Waals surface area contributed by atoms with E-state index >= 15 is 0 Å². The molecule has 0 unspecified atom stereocenters. The maximum Gasteiger partial charge on any atom is 0.253 e. The first-order valence-electron chi connectivity index (χ1n) is 8.96. The largest absolute Gasteiger partial charge is 0.394 e. The molecule has 8 nitrogen and oxygen atoms in total. The second kappa shape index (κ2) is 7.79. The van der Waals surface area contributed by atoms with Gasteiger partial charge in [-0.05, 0) is 32.0 Å². The average Bonchev–Trinajstić information content (AvgIpc) is 3.25. The molecule has 27 heavy (non-hydrogen) atoms. The smallest absolute Gasteiger partial charge is 0.253 e. The topological polar surface area (TPSA) is 95.7 Å². The number of aliphatic hydroxyl groups excluding tert-OH is 1. The van der Waals surface area contributed by atoms with Gasteiger partial charge in [0.1, 0.15) is 0 Å². The van der Waals surface area contributed by atoms with Gasteiger partial charge < -0.3 is 10.0 Å². The van der Waals surface area contributed by atoms with E-state index in [9.17, 15) is 13.2 Å². The first kappa shape index (κ1) is 19.5. The Kier molecular flexibility index (Phi) is 5.64. The van der Waals surface area contributed by atoms with Crippen LogP contribution in [0.1, 0.15) is 35.5 Å². The highest BCUT2D eigenvalue weighted by Crippen LogP contribution is 2.29. The number of carbonyl (C=O) groups excluding carboxylic acids is 1. The Bertz CT molecular complexity index is 935. The molecule has 0 spiro atoms. The molecule has 1 amide bonds. The van der Waals surface area contributed by atoms with Crippen molar-refractivity contribution in [3.8, 4) is 0 Å². The van der Waals surface area contributed by atoms with E-state index in [1.54, 1.807) is 27.9 Å². The summed E-state index contributed by atoms with van der Waals surface area (Å²) in [5, 5.41) is 13.3. The number of sulfonamides is 1. The number of fused-ring (bicyclic) bond motifs is 1. The van der Waals surface area contributed by atoms with Crippen LogP contribution in [-0.2, 0) is 29.7 Å². The summed E-state index contributed by atoms with van der Waals surface area (Å²) in [6.45, 7) is 5.61. The van der Waals surface area contributed by atoms with Crippen LogP contribution < -0.4 is 0 Å². The van der Waals surface area contributed by atoms with Gasteiger partial charge in [-0.2, -0.15) is 9.40 Å². The molecule has 1 N–H and O–H groups in total. The van der Waals surface area contributed by atoms with E-state index in [0.717, 1.165) is 11.3 Å². The molecule has 0 bridgehead atoms. The number of aromatic nitrogens is 2. The Morgan fingerprint density at radius 2 is 2.00 bits per heavy atom. The molecule has 1 aliphatic heterocycles. The van der Waals surface area contributed by atoms with E-state index in [0.29, 0.717) is 25.2 Å². The average molecular weight is 392 g/mol. The Hall–Kier alpha value is -2.23. The lowest BCUT2D eigenvalue weighted by Gasteiger charge is -2.20. The van der Waals surface area contributed by atoms with Gasteiger partial charge in [0, 0.05) is 30.8 Å². The Morgan fingerprint density at radius 3 is 2.67 bits per heavy atom. The van der Waals surface area contributed by atoms with E-state index < -0.39 is 10.0 Å². The Morgan fingerprint density at radius 1 is 1.26 bits per heavy atom. The van der Waals surface area contributed by atoms with Gasteiger partial charge in [0.05, 0.1) is 36.5 Å². The normalized spacial score (nSPS) is 14.3. The van der Waals surface area contributed by atoms with Crippen molar-refractivity contribution < 1.29 is 18.3 Å². The minimum absolute atomic E-state index is 0.0591. The van der Waals surface area contributed by atoms with Crippen molar-refractivity contribution in [2.45, 2.75) is 38.4 Å². The van der Waals surface area contributed by atoms with E-state index in [4.69, 9.17) is 5.11 Å². The number of carbonyl (C=O) groups is 1. The SMILES string of the molecule is CCN(CC)C(=O)c1cccc(S(=O)(=O)N2Cc3cnn(CCO)c3C2)c1. The summed E-state index contributed by atoms with van der Waals surface area (Å²) in [6.07, 6.45) is 1.64. The molecular formula is C18H24N4O4S. The minimum Gasteiger partial charge on any atom is -0.394 e. The lowest BCUT2D eigenvalue weighted by atomic mass is 10.2. The molecule has 0 aliphatic carbocycles. The van der Waals surface area contributed by atoms with Crippen molar-refractivity contribution >= 4 is 15.9 Å². The van der Waals surface area contributed by atoms with Gasteiger partial charge in [0.15, 0.2) is 0 Å². The predicted octanol–water partition coefficient (Wildman–Crippen LogP) is 1.06. The zero-order valence-electron chi connectivity index (χ0n) is 15.5. The molecule has 0 radical (unpaired) electrons. The summed E-state index contributed by atoms with van der Waals surface area (Å²) >= 11 is 0. The van der Waals surface area contributed by atoms with Crippen molar-refractivity contribution in [3.63, 3.8) is 0 Å². The molecule has 1 aromatic carbocycles. The Labute approximate surface area is 159 Å². The van der Waals surface area contributed by atoms with E-state index in [1.807, 2.05) is 13.8 Å². The van der Waals surface area contributed by atoms with Gasteiger partial charge in [-0.3, -0.25) is 9.48 Å². The minimum atomic E-state index is -3.74. The van der Waals surface area contributed by atoms with Crippen LogP contribution in [0.2, 0.25) is 0 Å². The highest BCUT2D eigenvalue weighted by atomic mass is 32.2. The number of amides is 1. The highest BCUT2D eigenvalue weighted by Gasteiger charge is 2.33. The van der Waals surface area contributed by atoms with Gasteiger partial charge in [-0.25, -0.2) is 8.42 Å². The maximum atomic E-state index is 13.1. The fraction of sp³-hybridized carbons (Fsp3) is 0.444. The third-order valence-electron chi connectivity index (χ3n) is 4.79. The lowest BCUT2D eigenvalue weighted by molar-refractivity contribution is 0.0772. The van der Waals surface area contributed by atoms with Crippen molar-refractivity contribution in [2.24, 2.45) is 0 Å². The summed E-state index contributed by atoms with van der Waals surface area (Å²) in [5.74, 6) is -0.180. The number of hydrogen-bond donors (Lipinski definition) is 1. The van der Waals surface area contributed by atoms with Crippen LogP contribution in [0, 0.1) is 0 Å². The maximum absolute atomic E-state index is 13.1.